The van der Waals surface area contributed by atoms with Crippen LogP contribution >= 0.6 is 0 Å². The summed E-state index contributed by atoms with van der Waals surface area (Å²) in [6.07, 6.45) is 8.16. The number of nitrogens with one attached hydrogen (secondary N) is 1. The van der Waals surface area contributed by atoms with E-state index in [2.05, 4.69) is 5.32 Å². The van der Waals surface area contributed by atoms with Crippen LogP contribution in [0, 0.1) is 29.5 Å². The summed E-state index contributed by atoms with van der Waals surface area (Å²) in [6, 6.07) is 3.73. The molecule has 6 nitrogen and oxygen atoms in total. The molecule has 2 aliphatic heterocycles. The van der Waals surface area contributed by atoms with Crippen LogP contribution in [0.15, 0.2) is 30.4 Å². The quantitative estimate of drug-likeness (QED) is 0.611. The summed E-state index contributed by atoms with van der Waals surface area (Å²) in [6.45, 7) is 3.22. The highest BCUT2D eigenvalue weighted by molar-refractivity contribution is 6.10. The molecule has 158 valence electrons. The molecule has 0 radical (unpaired) electrons. The first-order valence-corrected chi connectivity index (χ1v) is 10.9. The third-order valence-corrected chi connectivity index (χ3v) is 7.18. The van der Waals surface area contributed by atoms with Gasteiger partial charge in [-0.25, -0.2) is 4.39 Å². The number of hydrogen-bond donors (Lipinski definition) is 1. The number of amides is 3. The van der Waals surface area contributed by atoms with Crippen LogP contribution in [0.3, 0.4) is 0 Å². The summed E-state index contributed by atoms with van der Waals surface area (Å²) in [4.78, 5) is 41.7. The molecule has 1 aromatic rings. The first kappa shape index (κ1) is 19.3. The number of anilines is 2. The predicted octanol–water partition coefficient (Wildman–Crippen LogP) is 2.95. The Morgan fingerprint density at radius 3 is 2.30 bits per heavy atom. The molecule has 0 unspecified atom stereocenters. The number of carbonyl (C=O) groups is 3. The molecule has 3 amide bonds. The van der Waals surface area contributed by atoms with E-state index in [1.807, 2.05) is 17.1 Å². The lowest BCUT2D eigenvalue weighted by atomic mass is 9.85. The molecule has 7 heteroatoms. The standard InChI is InChI=1S/C23H26FN3O3/c1-13(27-22(29)19-14-5-6-15(11-14)20(19)23(27)30)21(28)25-16-7-8-18(17(24)12-16)26-9-3-2-4-10-26/h5-8,12-15,19-20H,2-4,9-11H2,1H3,(H,25,28)/t13-,14-,15-,19-,20+/m0/s1. The van der Waals surface area contributed by atoms with E-state index in [-0.39, 0.29) is 41.3 Å². The van der Waals surface area contributed by atoms with Gasteiger partial charge in [-0.1, -0.05) is 12.2 Å². The molecule has 2 aliphatic carbocycles. The van der Waals surface area contributed by atoms with Gasteiger partial charge in [-0.3, -0.25) is 19.3 Å². The van der Waals surface area contributed by atoms with Crippen molar-refractivity contribution in [2.24, 2.45) is 23.7 Å². The molecule has 2 bridgehead atoms. The monoisotopic (exact) mass is 411 g/mol. The average Bonchev–Trinajstić information content (AvgIpc) is 3.42. The van der Waals surface area contributed by atoms with Crippen molar-refractivity contribution in [3.8, 4) is 0 Å². The highest BCUT2D eigenvalue weighted by atomic mass is 19.1. The summed E-state index contributed by atoms with van der Waals surface area (Å²) in [5, 5.41) is 2.68. The van der Waals surface area contributed by atoms with Crippen molar-refractivity contribution in [2.75, 3.05) is 23.3 Å². The van der Waals surface area contributed by atoms with Gasteiger partial charge in [-0.05, 0) is 62.6 Å². The van der Waals surface area contributed by atoms with Crippen LogP contribution in [0.5, 0.6) is 0 Å². The highest BCUT2D eigenvalue weighted by Crippen LogP contribution is 2.52. The molecule has 5 rings (SSSR count). The number of likely N-dealkylation sites (tertiary alicyclic amines) is 1. The maximum absolute atomic E-state index is 14.6. The smallest absolute Gasteiger partial charge is 0.247 e. The first-order chi connectivity index (χ1) is 14.5. The largest absolute Gasteiger partial charge is 0.369 e. The predicted molar refractivity (Wildman–Crippen MR) is 110 cm³/mol. The van der Waals surface area contributed by atoms with E-state index in [0.717, 1.165) is 43.7 Å². The zero-order valence-electron chi connectivity index (χ0n) is 17.0. The Hall–Kier alpha value is -2.70. The molecule has 2 heterocycles. The Labute approximate surface area is 175 Å². The number of benzene rings is 1. The molecule has 1 saturated carbocycles. The van der Waals surface area contributed by atoms with Crippen molar-refractivity contribution in [2.45, 2.75) is 38.6 Å². The SMILES string of the molecule is C[C@@H](C(=O)Nc1ccc(N2CCCCC2)c(F)c1)N1C(=O)[C@@H]2[C@H](C1=O)[C@H]1C=C[C@H]2C1. The van der Waals surface area contributed by atoms with E-state index >= 15 is 0 Å². The van der Waals surface area contributed by atoms with Crippen LogP contribution in [-0.2, 0) is 14.4 Å². The summed E-state index contributed by atoms with van der Waals surface area (Å²) >= 11 is 0. The van der Waals surface area contributed by atoms with E-state index in [1.165, 1.54) is 6.07 Å². The Morgan fingerprint density at radius 1 is 1.07 bits per heavy atom. The fourth-order valence-electron chi connectivity index (χ4n) is 5.65. The molecule has 3 fully saturated rings. The third kappa shape index (κ3) is 2.94. The molecule has 5 atom stereocenters. The van der Waals surface area contributed by atoms with Gasteiger partial charge in [-0.15, -0.1) is 0 Å². The Bertz CT molecular complexity index is 910. The van der Waals surface area contributed by atoms with Crippen LogP contribution in [0.2, 0.25) is 0 Å². The molecular formula is C23H26FN3O3. The van der Waals surface area contributed by atoms with E-state index in [9.17, 15) is 18.8 Å². The molecule has 4 aliphatic rings. The maximum Gasteiger partial charge on any atom is 0.247 e. The second kappa shape index (κ2) is 7.22. The van der Waals surface area contributed by atoms with Crippen molar-refractivity contribution in [3.05, 3.63) is 36.2 Å². The molecule has 0 spiro atoms. The van der Waals surface area contributed by atoms with Crippen LogP contribution in [0.4, 0.5) is 15.8 Å². The van der Waals surface area contributed by atoms with Gasteiger partial charge in [0, 0.05) is 18.8 Å². The Balaban J connectivity index is 1.28. The molecule has 1 N–H and O–H groups in total. The second-order valence-electron chi connectivity index (χ2n) is 8.93. The number of carbonyl (C=O) groups excluding carboxylic acids is 3. The third-order valence-electron chi connectivity index (χ3n) is 7.18. The van der Waals surface area contributed by atoms with E-state index in [4.69, 9.17) is 0 Å². The van der Waals surface area contributed by atoms with Gasteiger partial charge in [0.25, 0.3) is 0 Å². The highest BCUT2D eigenvalue weighted by Gasteiger charge is 2.60. The minimum absolute atomic E-state index is 0.105. The maximum atomic E-state index is 14.6. The van der Waals surface area contributed by atoms with Gasteiger partial charge in [0.2, 0.25) is 17.7 Å². The number of piperidine rings is 1. The fourth-order valence-corrected chi connectivity index (χ4v) is 5.65. The topological polar surface area (TPSA) is 69.7 Å². The number of halogens is 1. The summed E-state index contributed by atoms with van der Waals surface area (Å²) in [7, 11) is 0. The van der Waals surface area contributed by atoms with Gasteiger partial charge in [-0.2, -0.15) is 0 Å². The number of fused-ring (bicyclic) bond motifs is 5. The summed E-state index contributed by atoms with van der Waals surface area (Å²) < 4.78 is 14.6. The molecule has 2 saturated heterocycles. The number of rotatable bonds is 4. The normalized spacial score (nSPS) is 30.7. The lowest BCUT2D eigenvalue weighted by Crippen LogP contribution is -2.46. The molecular weight excluding hydrogens is 385 g/mol. The Kier molecular flexibility index (Phi) is 4.64. The number of hydrogen-bond acceptors (Lipinski definition) is 4. The van der Waals surface area contributed by atoms with Crippen molar-refractivity contribution < 1.29 is 18.8 Å². The van der Waals surface area contributed by atoms with Gasteiger partial charge in [0.1, 0.15) is 11.9 Å². The van der Waals surface area contributed by atoms with Crippen molar-refractivity contribution in [1.29, 1.82) is 0 Å². The van der Waals surface area contributed by atoms with Gasteiger partial charge in [0.05, 0.1) is 17.5 Å². The van der Waals surface area contributed by atoms with E-state index < -0.39 is 11.9 Å². The Morgan fingerprint density at radius 2 is 1.70 bits per heavy atom. The first-order valence-electron chi connectivity index (χ1n) is 10.9. The molecule has 0 aromatic heterocycles. The zero-order valence-corrected chi connectivity index (χ0v) is 17.0. The average molecular weight is 411 g/mol. The van der Waals surface area contributed by atoms with Crippen LogP contribution in [-0.4, -0.2) is 41.8 Å². The van der Waals surface area contributed by atoms with Gasteiger partial charge in [0.15, 0.2) is 0 Å². The van der Waals surface area contributed by atoms with Crippen molar-refractivity contribution >= 4 is 29.1 Å². The minimum atomic E-state index is -0.931. The lowest BCUT2D eigenvalue weighted by molar-refractivity contribution is -0.146. The van der Waals surface area contributed by atoms with Crippen molar-refractivity contribution in [1.82, 2.24) is 4.90 Å². The number of allylic oxidation sites excluding steroid dienone is 2. The van der Waals surface area contributed by atoms with Gasteiger partial charge >= 0.3 is 0 Å². The van der Waals surface area contributed by atoms with Crippen LogP contribution < -0.4 is 10.2 Å². The summed E-state index contributed by atoms with van der Waals surface area (Å²) in [5.41, 5.74) is 0.868. The zero-order chi connectivity index (χ0) is 21.0. The van der Waals surface area contributed by atoms with E-state index in [1.54, 1.807) is 19.1 Å². The van der Waals surface area contributed by atoms with Crippen LogP contribution in [0.25, 0.3) is 0 Å². The van der Waals surface area contributed by atoms with Crippen LogP contribution in [0.1, 0.15) is 32.6 Å². The van der Waals surface area contributed by atoms with Gasteiger partial charge < -0.3 is 10.2 Å². The summed E-state index contributed by atoms with van der Waals surface area (Å²) in [5.74, 6) is -1.82. The lowest BCUT2D eigenvalue weighted by Gasteiger charge is -2.29. The minimum Gasteiger partial charge on any atom is -0.369 e. The molecule has 30 heavy (non-hydrogen) atoms. The number of nitrogens with zero attached hydrogens (tertiary/aromatic N) is 2. The number of imide groups is 1. The second-order valence-corrected chi connectivity index (χ2v) is 8.93. The molecule has 1 aromatic carbocycles. The fraction of sp³-hybridized carbons (Fsp3) is 0.522. The van der Waals surface area contributed by atoms with E-state index in [0.29, 0.717) is 11.4 Å². The van der Waals surface area contributed by atoms with Crippen molar-refractivity contribution in [3.63, 3.8) is 0 Å².